The number of carbonyl (C=O) groups excluding carboxylic acids is 1. The second-order valence-electron chi connectivity index (χ2n) is 4.53. The van der Waals surface area contributed by atoms with Gasteiger partial charge in [-0.05, 0) is 45.2 Å². The number of thiophene rings is 1. The molecule has 1 rings (SSSR count). The lowest BCUT2D eigenvalue weighted by molar-refractivity contribution is 0.234. The molecule has 4 nitrogen and oxygen atoms in total. The lowest BCUT2D eigenvalue weighted by Crippen LogP contribution is -2.40. The topological polar surface area (TPSA) is 61.4 Å². The summed E-state index contributed by atoms with van der Waals surface area (Å²) in [6.07, 6.45) is 1.50. The Morgan fingerprint density at radius 1 is 1.50 bits per heavy atom. The van der Waals surface area contributed by atoms with Crippen LogP contribution in [-0.4, -0.2) is 23.8 Å². The number of aliphatic hydroxyl groups excluding tert-OH is 1. The summed E-state index contributed by atoms with van der Waals surface area (Å²) in [6.45, 7) is 6.81. The lowest BCUT2D eigenvalue weighted by atomic mass is 10.2. The van der Waals surface area contributed by atoms with Crippen LogP contribution in [0.1, 0.15) is 35.1 Å². The van der Waals surface area contributed by atoms with Gasteiger partial charge in [-0.2, -0.15) is 0 Å². The van der Waals surface area contributed by atoms with E-state index in [1.54, 1.807) is 11.3 Å². The van der Waals surface area contributed by atoms with Gasteiger partial charge in [-0.15, -0.1) is 11.3 Å². The summed E-state index contributed by atoms with van der Waals surface area (Å²) in [6, 6.07) is 2.04. The molecule has 3 N–H and O–H groups in total. The van der Waals surface area contributed by atoms with Crippen LogP contribution < -0.4 is 10.6 Å². The second kappa shape index (κ2) is 7.38. The number of aryl methyl sites for hydroxylation is 2. The van der Waals surface area contributed by atoms with Crippen molar-refractivity contribution in [2.45, 2.75) is 46.2 Å². The van der Waals surface area contributed by atoms with E-state index in [2.05, 4.69) is 30.5 Å². The molecule has 1 atom stereocenters. The number of nitrogens with one attached hydrogen (secondary N) is 2. The standard InChI is InChI=1S/C13H22N2O2S/c1-9(5-4-6-16)15-13(17)14-8-12-7-10(2)18-11(12)3/h7,9,16H,4-6,8H2,1-3H3,(H2,14,15,17)/t9-/m1/s1. The zero-order valence-corrected chi connectivity index (χ0v) is 12.1. The summed E-state index contributed by atoms with van der Waals surface area (Å²) < 4.78 is 0. The van der Waals surface area contributed by atoms with E-state index in [0.29, 0.717) is 13.0 Å². The van der Waals surface area contributed by atoms with E-state index in [1.807, 2.05) is 6.92 Å². The molecule has 0 fully saturated rings. The highest BCUT2D eigenvalue weighted by Gasteiger charge is 2.08. The fraction of sp³-hybridized carbons (Fsp3) is 0.615. The number of amides is 2. The molecule has 5 heteroatoms. The molecule has 0 spiro atoms. The maximum atomic E-state index is 11.6. The first-order valence-electron chi connectivity index (χ1n) is 6.24. The Bertz CT molecular complexity index is 390. The zero-order valence-electron chi connectivity index (χ0n) is 11.2. The van der Waals surface area contributed by atoms with Crippen LogP contribution in [0.25, 0.3) is 0 Å². The van der Waals surface area contributed by atoms with Gasteiger partial charge in [-0.1, -0.05) is 0 Å². The fourth-order valence-electron chi connectivity index (χ4n) is 1.78. The van der Waals surface area contributed by atoms with Crippen molar-refractivity contribution >= 4 is 17.4 Å². The van der Waals surface area contributed by atoms with Crippen molar-refractivity contribution in [2.24, 2.45) is 0 Å². The number of carbonyl (C=O) groups is 1. The van der Waals surface area contributed by atoms with Crippen LogP contribution in [0.15, 0.2) is 6.07 Å². The molecule has 18 heavy (non-hydrogen) atoms. The van der Waals surface area contributed by atoms with Crippen molar-refractivity contribution in [1.29, 1.82) is 0 Å². The van der Waals surface area contributed by atoms with Gasteiger partial charge in [0.05, 0.1) is 0 Å². The first-order valence-corrected chi connectivity index (χ1v) is 7.05. The van der Waals surface area contributed by atoms with Gasteiger partial charge in [0.1, 0.15) is 0 Å². The third-order valence-electron chi connectivity index (χ3n) is 2.76. The van der Waals surface area contributed by atoms with Crippen molar-refractivity contribution in [2.75, 3.05) is 6.61 Å². The molecule has 0 bridgehead atoms. The van der Waals surface area contributed by atoms with Crippen LogP contribution in [0.2, 0.25) is 0 Å². The SMILES string of the molecule is Cc1cc(CNC(=O)N[C@H](C)CCCO)c(C)s1. The molecule has 0 saturated heterocycles. The van der Waals surface area contributed by atoms with E-state index in [4.69, 9.17) is 5.11 Å². The predicted octanol–water partition coefficient (Wildman–Crippen LogP) is 2.33. The van der Waals surface area contributed by atoms with Crippen LogP contribution in [0.3, 0.4) is 0 Å². The molecule has 0 aliphatic rings. The molecular formula is C13H22N2O2S. The van der Waals surface area contributed by atoms with Gasteiger partial charge < -0.3 is 15.7 Å². The minimum atomic E-state index is -0.149. The number of urea groups is 1. The number of hydrogen-bond acceptors (Lipinski definition) is 3. The molecule has 1 aromatic heterocycles. The molecule has 0 radical (unpaired) electrons. The highest BCUT2D eigenvalue weighted by atomic mass is 32.1. The smallest absolute Gasteiger partial charge is 0.315 e. The summed E-state index contributed by atoms with van der Waals surface area (Å²) in [5.41, 5.74) is 1.18. The molecule has 1 heterocycles. The van der Waals surface area contributed by atoms with Crippen molar-refractivity contribution < 1.29 is 9.90 Å². The molecule has 2 amide bonds. The Morgan fingerprint density at radius 3 is 2.78 bits per heavy atom. The minimum Gasteiger partial charge on any atom is -0.396 e. The summed E-state index contributed by atoms with van der Waals surface area (Å²) in [7, 11) is 0. The van der Waals surface area contributed by atoms with Gasteiger partial charge in [0.2, 0.25) is 0 Å². The molecule has 0 aromatic carbocycles. The zero-order chi connectivity index (χ0) is 13.5. The van der Waals surface area contributed by atoms with Gasteiger partial charge in [-0.3, -0.25) is 0 Å². The van der Waals surface area contributed by atoms with Gasteiger partial charge in [0, 0.05) is 28.9 Å². The van der Waals surface area contributed by atoms with Crippen molar-refractivity contribution in [1.82, 2.24) is 10.6 Å². The number of hydrogen-bond donors (Lipinski definition) is 3. The Balaban J connectivity index is 2.30. The molecule has 102 valence electrons. The highest BCUT2D eigenvalue weighted by molar-refractivity contribution is 7.12. The van der Waals surface area contributed by atoms with Crippen molar-refractivity contribution in [3.05, 3.63) is 21.4 Å². The summed E-state index contributed by atoms with van der Waals surface area (Å²) >= 11 is 1.75. The molecule has 1 aromatic rings. The maximum Gasteiger partial charge on any atom is 0.315 e. The van der Waals surface area contributed by atoms with Gasteiger partial charge >= 0.3 is 6.03 Å². The van der Waals surface area contributed by atoms with E-state index in [1.165, 1.54) is 15.3 Å². The van der Waals surface area contributed by atoms with Gasteiger partial charge in [0.15, 0.2) is 0 Å². The van der Waals surface area contributed by atoms with Crippen molar-refractivity contribution in [3.8, 4) is 0 Å². The third-order valence-corrected chi connectivity index (χ3v) is 3.76. The highest BCUT2D eigenvalue weighted by Crippen LogP contribution is 2.20. The van der Waals surface area contributed by atoms with Crippen LogP contribution in [0.4, 0.5) is 4.79 Å². The maximum absolute atomic E-state index is 11.6. The molecule has 0 aliphatic heterocycles. The summed E-state index contributed by atoms with van der Waals surface area (Å²) in [4.78, 5) is 14.1. The van der Waals surface area contributed by atoms with Crippen LogP contribution in [0, 0.1) is 13.8 Å². The van der Waals surface area contributed by atoms with Gasteiger partial charge in [0.25, 0.3) is 0 Å². The molecular weight excluding hydrogens is 248 g/mol. The lowest BCUT2D eigenvalue weighted by Gasteiger charge is -2.13. The van der Waals surface area contributed by atoms with Gasteiger partial charge in [-0.25, -0.2) is 4.79 Å². The minimum absolute atomic E-state index is 0.0856. The monoisotopic (exact) mass is 270 g/mol. The molecule has 0 aliphatic carbocycles. The summed E-state index contributed by atoms with van der Waals surface area (Å²) in [5, 5.41) is 14.4. The van der Waals surface area contributed by atoms with Crippen LogP contribution >= 0.6 is 11.3 Å². The van der Waals surface area contributed by atoms with E-state index in [0.717, 1.165) is 6.42 Å². The summed E-state index contributed by atoms with van der Waals surface area (Å²) in [5.74, 6) is 0. The largest absolute Gasteiger partial charge is 0.396 e. The molecule has 0 unspecified atom stereocenters. The van der Waals surface area contributed by atoms with E-state index < -0.39 is 0 Å². The Morgan fingerprint density at radius 2 is 2.22 bits per heavy atom. The quantitative estimate of drug-likeness (QED) is 0.743. The van der Waals surface area contributed by atoms with Crippen LogP contribution in [-0.2, 0) is 6.54 Å². The fourth-order valence-corrected chi connectivity index (χ4v) is 2.73. The first kappa shape index (κ1) is 15.0. The first-order chi connectivity index (χ1) is 8.52. The third kappa shape index (κ3) is 5.06. The van der Waals surface area contributed by atoms with E-state index in [-0.39, 0.29) is 18.7 Å². The van der Waals surface area contributed by atoms with E-state index in [9.17, 15) is 4.79 Å². The number of aliphatic hydroxyl groups is 1. The second-order valence-corrected chi connectivity index (χ2v) is 5.99. The Labute approximate surface area is 112 Å². The average Bonchev–Trinajstić information content (AvgIpc) is 2.62. The Hall–Kier alpha value is -1.07. The average molecular weight is 270 g/mol. The molecule has 0 saturated carbocycles. The van der Waals surface area contributed by atoms with Crippen molar-refractivity contribution in [3.63, 3.8) is 0 Å². The Kier molecular flexibility index (Phi) is 6.15. The van der Waals surface area contributed by atoms with Crippen LogP contribution in [0.5, 0.6) is 0 Å². The van der Waals surface area contributed by atoms with E-state index >= 15 is 0 Å². The number of rotatable bonds is 6. The normalized spacial score (nSPS) is 12.2. The predicted molar refractivity (Wildman–Crippen MR) is 74.9 cm³/mol.